The molecule has 0 radical (unpaired) electrons. The summed E-state index contributed by atoms with van der Waals surface area (Å²) in [5.74, 6) is 1.44. The predicted molar refractivity (Wildman–Crippen MR) is 123 cm³/mol. The van der Waals surface area contributed by atoms with E-state index in [4.69, 9.17) is 13.9 Å². The largest absolute Gasteiger partial charge is 0.497 e. The van der Waals surface area contributed by atoms with Gasteiger partial charge in [0.1, 0.15) is 23.0 Å². The zero-order valence-electron chi connectivity index (χ0n) is 17.2. The van der Waals surface area contributed by atoms with Gasteiger partial charge in [-0.2, -0.15) is 0 Å². The van der Waals surface area contributed by atoms with Gasteiger partial charge in [0, 0.05) is 4.47 Å². The number of hydrogen-bond acceptors (Lipinski definition) is 5. The summed E-state index contributed by atoms with van der Waals surface area (Å²) in [7, 11) is 1.59. The number of aryl methyl sites for hydroxylation is 2. The molecule has 0 spiro atoms. The number of benzene rings is 2. The monoisotopic (exact) mass is 478 g/mol. The first kappa shape index (κ1) is 20.9. The molecule has 1 heterocycles. The van der Waals surface area contributed by atoms with Crippen molar-refractivity contribution in [3.05, 3.63) is 92.4 Å². The summed E-state index contributed by atoms with van der Waals surface area (Å²) in [5, 5.41) is 0.889. The Morgan fingerprint density at radius 2 is 1.61 bits per heavy atom. The van der Waals surface area contributed by atoms with Crippen molar-refractivity contribution in [1.82, 2.24) is 0 Å². The molecule has 3 aromatic carbocycles. The van der Waals surface area contributed by atoms with Crippen LogP contribution in [-0.2, 0) is 0 Å². The van der Waals surface area contributed by atoms with E-state index in [-0.39, 0.29) is 11.2 Å². The van der Waals surface area contributed by atoms with Gasteiger partial charge in [0.2, 0.25) is 0 Å². The molecule has 4 rings (SSSR count). The Kier molecular flexibility index (Phi) is 5.65. The van der Waals surface area contributed by atoms with E-state index in [0.29, 0.717) is 39.2 Å². The highest BCUT2D eigenvalue weighted by Crippen LogP contribution is 2.34. The van der Waals surface area contributed by atoms with Crippen molar-refractivity contribution in [2.45, 2.75) is 13.8 Å². The van der Waals surface area contributed by atoms with Crippen molar-refractivity contribution in [3.8, 4) is 22.6 Å². The van der Waals surface area contributed by atoms with Crippen molar-refractivity contribution in [1.29, 1.82) is 0 Å². The fourth-order valence-electron chi connectivity index (χ4n) is 3.55. The molecule has 0 atom stereocenters. The molecule has 156 valence electrons. The molecule has 0 aliphatic rings. The summed E-state index contributed by atoms with van der Waals surface area (Å²) in [5.41, 5.74) is 1.60. The normalized spacial score (nSPS) is 10.8. The van der Waals surface area contributed by atoms with Gasteiger partial charge in [-0.3, -0.25) is 4.79 Å². The van der Waals surface area contributed by atoms with E-state index in [2.05, 4.69) is 15.9 Å². The van der Waals surface area contributed by atoms with Gasteiger partial charge in [-0.05, 0) is 67.4 Å². The Labute approximate surface area is 187 Å². The first-order valence-electron chi connectivity index (χ1n) is 9.57. The van der Waals surface area contributed by atoms with Crippen LogP contribution in [0.15, 0.2) is 74.3 Å². The number of carbonyl (C=O) groups excluding carboxylic acids is 1. The van der Waals surface area contributed by atoms with Gasteiger partial charge in [0.05, 0.1) is 23.4 Å². The molecule has 6 heteroatoms. The Morgan fingerprint density at radius 1 is 0.903 bits per heavy atom. The zero-order chi connectivity index (χ0) is 22.1. The molecule has 0 aliphatic carbocycles. The molecule has 0 aliphatic heterocycles. The van der Waals surface area contributed by atoms with Gasteiger partial charge in [-0.1, -0.05) is 34.1 Å². The fourth-order valence-corrected chi connectivity index (χ4v) is 3.95. The third-order valence-electron chi connectivity index (χ3n) is 5.01. The SMILES string of the molecule is COc1ccc(-c2cc(OC(=O)c3cccc(Br)c3)c3c(C)oc(C)c3c(=O)c2)cc1. The summed E-state index contributed by atoms with van der Waals surface area (Å²) < 4.78 is 17.5. The minimum absolute atomic E-state index is 0.208. The van der Waals surface area contributed by atoms with Gasteiger partial charge < -0.3 is 13.9 Å². The second-order valence-electron chi connectivity index (χ2n) is 7.07. The molecule has 0 fully saturated rings. The first-order chi connectivity index (χ1) is 14.9. The quantitative estimate of drug-likeness (QED) is 0.333. The Bertz CT molecular complexity index is 1350. The van der Waals surface area contributed by atoms with Crippen LogP contribution in [0.5, 0.6) is 11.5 Å². The van der Waals surface area contributed by atoms with Gasteiger partial charge in [-0.15, -0.1) is 0 Å². The molecule has 4 aromatic rings. The lowest BCUT2D eigenvalue weighted by Crippen LogP contribution is -2.08. The maximum absolute atomic E-state index is 13.1. The number of hydrogen-bond donors (Lipinski definition) is 0. The number of rotatable bonds is 4. The van der Waals surface area contributed by atoms with E-state index in [1.54, 1.807) is 45.2 Å². The highest BCUT2D eigenvalue weighted by Gasteiger charge is 2.19. The second-order valence-corrected chi connectivity index (χ2v) is 7.98. The van der Waals surface area contributed by atoms with E-state index in [9.17, 15) is 9.59 Å². The average Bonchev–Trinajstić information content (AvgIpc) is 2.97. The lowest BCUT2D eigenvalue weighted by atomic mass is 10.1. The number of carbonyl (C=O) groups is 1. The fraction of sp³-hybridized carbons (Fsp3) is 0.120. The lowest BCUT2D eigenvalue weighted by Gasteiger charge is -2.07. The highest BCUT2D eigenvalue weighted by molar-refractivity contribution is 9.10. The topological polar surface area (TPSA) is 65.7 Å². The summed E-state index contributed by atoms with van der Waals surface area (Å²) in [4.78, 5) is 25.9. The summed E-state index contributed by atoms with van der Waals surface area (Å²) >= 11 is 3.37. The Hall–Kier alpha value is -3.38. The minimum Gasteiger partial charge on any atom is -0.497 e. The van der Waals surface area contributed by atoms with Crippen molar-refractivity contribution in [2.24, 2.45) is 0 Å². The molecule has 31 heavy (non-hydrogen) atoms. The van der Waals surface area contributed by atoms with Crippen molar-refractivity contribution in [2.75, 3.05) is 7.11 Å². The number of ether oxygens (including phenoxy) is 2. The molecular formula is C25H19BrO5. The third kappa shape index (κ3) is 4.11. The molecule has 0 N–H and O–H groups in total. The van der Waals surface area contributed by atoms with Crippen LogP contribution in [0, 0.1) is 13.8 Å². The molecule has 0 saturated carbocycles. The number of esters is 1. The smallest absolute Gasteiger partial charge is 0.343 e. The molecule has 5 nitrogen and oxygen atoms in total. The molecule has 0 bridgehead atoms. The molecule has 0 saturated heterocycles. The van der Waals surface area contributed by atoms with Crippen molar-refractivity contribution < 1.29 is 18.7 Å². The van der Waals surface area contributed by atoms with Crippen LogP contribution < -0.4 is 14.9 Å². The minimum atomic E-state index is -0.528. The second kappa shape index (κ2) is 8.40. The predicted octanol–water partition coefficient (Wildman–Crippen LogP) is 6.07. The standard InChI is InChI=1S/C25H19BrO5/c1-14-23-21(27)12-18(16-7-9-20(29-3)10-8-16)13-22(24(23)15(2)30-14)31-25(28)17-5-4-6-19(26)11-17/h4-13H,1-3H3. The van der Waals surface area contributed by atoms with E-state index < -0.39 is 5.97 Å². The Balaban J connectivity index is 1.92. The van der Waals surface area contributed by atoms with Crippen molar-refractivity contribution in [3.63, 3.8) is 0 Å². The Morgan fingerprint density at radius 3 is 2.29 bits per heavy atom. The van der Waals surface area contributed by atoms with Gasteiger partial charge >= 0.3 is 5.97 Å². The summed E-state index contributed by atoms with van der Waals surface area (Å²) in [6.45, 7) is 3.47. The van der Waals surface area contributed by atoms with Crippen LogP contribution in [0.3, 0.4) is 0 Å². The maximum Gasteiger partial charge on any atom is 0.343 e. The molecule has 0 amide bonds. The van der Waals surface area contributed by atoms with E-state index >= 15 is 0 Å². The highest BCUT2D eigenvalue weighted by atomic mass is 79.9. The van der Waals surface area contributed by atoms with Gasteiger partial charge in [0.15, 0.2) is 5.43 Å². The van der Waals surface area contributed by atoms with Crippen molar-refractivity contribution >= 4 is 32.7 Å². The van der Waals surface area contributed by atoms with E-state index in [1.165, 1.54) is 6.07 Å². The van der Waals surface area contributed by atoms with Crippen LogP contribution >= 0.6 is 15.9 Å². The summed E-state index contributed by atoms with van der Waals surface area (Å²) in [6, 6.07) is 17.5. The number of fused-ring (bicyclic) bond motifs is 1. The first-order valence-corrected chi connectivity index (χ1v) is 10.4. The van der Waals surface area contributed by atoms with Crippen LogP contribution in [-0.4, -0.2) is 13.1 Å². The zero-order valence-corrected chi connectivity index (χ0v) is 18.8. The molecule has 1 aromatic heterocycles. The van der Waals surface area contributed by atoms with Crippen LogP contribution in [0.2, 0.25) is 0 Å². The summed E-state index contributed by atoms with van der Waals surface area (Å²) in [6.07, 6.45) is 0. The van der Waals surface area contributed by atoms with E-state index in [1.807, 2.05) is 30.3 Å². The maximum atomic E-state index is 13.1. The third-order valence-corrected chi connectivity index (χ3v) is 5.51. The van der Waals surface area contributed by atoms with Gasteiger partial charge in [0.25, 0.3) is 0 Å². The number of furan rings is 1. The van der Waals surface area contributed by atoms with E-state index in [0.717, 1.165) is 10.0 Å². The van der Waals surface area contributed by atoms with Crippen LogP contribution in [0.4, 0.5) is 0 Å². The molecule has 0 unspecified atom stereocenters. The average molecular weight is 479 g/mol. The number of methoxy groups -OCH3 is 1. The van der Waals surface area contributed by atoms with Crippen LogP contribution in [0.25, 0.3) is 21.9 Å². The van der Waals surface area contributed by atoms with Crippen LogP contribution in [0.1, 0.15) is 21.9 Å². The lowest BCUT2D eigenvalue weighted by molar-refractivity contribution is 0.0737. The molecular weight excluding hydrogens is 460 g/mol. The number of halogens is 1. The van der Waals surface area contributed by atoms with Gasteiger partial charge in [-0.25, -0.2) is 4.79 Å².